The van der Waals surface area contributed by atoms with Crippen LogP contribution in [-0.2, 0) is 5.41 Å². The second-order valence-corrected chi connectivity index (χ2v) is 5.78. The number of rotatable bonds is 3. The van der Waals surface area contributed by atoms with Gasteiger partial charge in [0.1, 0.15) is 0 Å². The van der Waals surface area contributed by atoms with Crippen LogP contribution in [0.5, 0.6) is 0 Å². The predicted molar refractivity (Wildman–Crippen MR) is 71.5 cm³/mol. The van der Waals surface area contributed by atoms with E-state index in [2.05, 4.69) is 58.9 Å². The molecule has 0 saturated carbocycles. The molecule has 2 atom stereocenters. The average molecular weight is 219 g/mol. The van der Waals surface area contributed by atoms with Crippen LogP contribution in [0.15, 0.2) is 24.3 Å². The van der Waals surface area contributed by atoms with E-state index >= 15 is 0 Å². The van der Waals surface area contributed by atoms with Crippen molar-refractivity contribution in [1.29, 1.82) is 0 Å². The smallest absolute Gasteiger partial charge is 0.0320 e. The molecule has 0 aliphatic carbocycles. The monoisotopic (exact) mass is 219 g/mol. The third-order valence-corrected chi connectivity index (χ3v) is 3.42. The first-order valence-electron chi connectivity index (χ1n) is 6.22. The summed E-state index contributed by atoms with van der Waals surface area (Å²) in [7, 11) is 0. The Morgan fingerprint density at radius 2 is 1.62 bits per heavy atom. The first-order valence-corrected chi connectivity index (χ1v) is 6.22. The third-order valence-electron chi connectivity index (χ3n) is 3.42. The predicted octanol–water partition coefficient (Wildman–Crippen LogP) is 4.03. The molecule has 0 saturated heterocycles. The van der Waals surface area contributed by atoms with Crippen LogP contribution < -0.4 is 5.73 Å². The second-order valence-electron chi connectivity index (χ2n) is 5.78. The molecule has 16 heavy (non-hydrogen) atoms. The van der Waals surface area contributed by atoms with Crippen molar-refractivity contribution in [3.05, 3.63) is 35.4 Å². The molecule has 0 heterocycles. The second kappa shape index (κ2) is 5.01. The molecular weight excluding hydrogens is 194 g/mol. The van der Waals surface area contributed by atoms with Gasteiger partial charge in [0.05, 0.1) is 0 Å². The summed E-state index contributed by atoms with van der Waals surface area (Å²) in [6.45, 7) is 11.1. The zero-order chi connectivity index (χ0) is 12.3. The minimum absolute atomic E-state index is 0.166. The molecule has 0 radical (unpaired) electrons. The quantitative estimate of drug-likeness (QED) is 0.816. The van der Waals surface area contributed by atoms with Crippen molar-refractivity contribution in [3.8, 4) is 0 Å². The molecule has 1 unspecified atom stereocenters. The van der Waals surface area contributed by atoms with Crippen molar-refractivity contribution in [2.75, 3.05) is 0 Å². The SMILES string of the molecule is CCC(C)[C@@H](N)c1ccc(C(C)(C)C)cc1. The van der Waals surface area contributed by atoms with Gasteiger partial charge in [0, 0.05) is 6.04 Å². The van der Waals surface area contributed by atoms with Gasteiger partial charge >= 0.3 is 0 Å². The molecule has 1 aromatic rings. The summed E-state index contributed by atoms with van der Waals surface area (Å²) in [6, 6.07) is 8.93. The van der Waals surface area contributed by atoms with Gasteiger partial charge < -0.3 is 5.73 Å². The highest BCUT2D eigenvalue weighted by molar-refractivity contribution is 5.29. The summed E-state index contributed by atoms with van der Waals surface area (Å²) >= 11 is 0. The van der Waals surface area contributed by atoms with Gasteiger partial charge in [0.25, 0.3) is 0 Å². The Kier molecular flexibility index (Phi) is 4.15. The molecule has 90 valence electrons. The Hall–Kier alpha value is -0.820. The van der Waals surface area contributed by atoms with E-state index in [0.717, 1.165) is 6.42 Å². The zero-order valence-corrected chi connectivity index (χ0v) is 11.2. The van der Waals surface area contributed by atoms with E-state index in [9.17, 15) is 0 Å². The van der Waals surface area contributed by atoms with E-state index in [1.807, 2.05) is 0 Å². The van der Waals surface area contributed by atoms with Crippen LogP contribution in [0.1, 0.15) is 58.2 Å². The van der Waals surface area contributed by atoms with E-state index in [-0.39, 0.29) is 11.5 Å². The van der Waals surface area contributed by atoms with Crippen LogP contribution in [0, 0.1) is 5.92 Å². The maximum Gasteiger partial charge on any atom is 0.0320 e. The normalized spacial score (nSPS) is 15.9. The summed E-state index contributed by atoms with van der Waals surface area (Å²) in [5, 5.41) is 0. The highest BCUT2D eigenvalue weighted by atomic mass is 14.6. The van der Waals surface area contributed by atoms with Crippen molar-refractivity contribution in [1.82, 2.24) is 0 Å². The Morgan fingerprint density at radius 3 is 2.00 bits per heavy atom. The van der Waals surface area contributed by atoms with Crippen molar-refractivity contribution >= 4 is 0 Å². The fraction of sp³-hybridized carbons (Fsp3) is 0.600. The first-order chi connectivity index (χ1) is 7.36. The van der Waals surface area contributed by atoms with Gasteiger partial charge in [-0.1, -0.05) is 65.3 Å². The van der Waals surface area contributed by atoms with Gasteiger partial charge in [0.2, 0.25) is 0 Å². The van der Waals surface area contributed by atoms with Crippen LogP contribution >= 0.6 is 0 Å². The maximum atomic E-state index is 6.21. The topological polar surface area (TPSA) is 26.0 Å². The molecule has 0 aliphatic heterocycles. The average Bonchev–Trinajstić information content (AvgIpc) is 2.26. The van der Waals surface area contributed by atoms with E-state index in [4.69, 9.17) is 5.73 Å². The Morgan fingerprint density at radius 1 is 1.12 bits per heavy atom. The molecule has 0 aromatic heterocycles. The molecular formula is C15H25N. The number of hydrogen-bond acceptors (Lipinski definition) is 1. The Balaban J connectivity index is 2.87. The summed E-state index contributed by atoms with van der Waals surface area (Å²) in [5.41, 5.74) is 9.05. The van der Waals surface area contributed by atoms with Crippen LogP contribution in [0.25, 0.3) is 0 Å². The van der Waals surface area contributed by atoms with Gasteiger partial charge in [-0.25, -0.2) is 0 Å². The first kappa shape index (κ1) is 13.2. The van der Waals surface area contributed by atoms with Gasteiger partial charge in [0.15, 0.2) is 0 Å². The molecule has 0 amide bonds. The zero-order valence-electron chi connectivity index (χ0n) is 11.2. The summed E-state index contributed by atoms with van der Waals surface area (Å²) in [4.78, 5) is 0. The molecule has 1 rings (SSSR count). The van der Waals surface area contributed by atoms with E-state index < -0.39 is 0 Å². The standard InChI is InChI=1S/C15H25N/c1-6-11(2)14(16)12-7-9-13(10-8-12)15(3,4)5/h7-11,14H,6,16H2,1-5H3/t11?,14-/m1/s1. The molecule has 0 aliphatic rings. The fourth-order valence-electron chi connectivity index (χ4n) is 1.79. The molecule has 0 fully saturated rings. The lowest BCUT2D eigenvalue weighted by atomic mass is 9.85. The third kappa shape index (κ3) is 3.08. The van der Waals surface area contributed by atoms with Crippen LogP contribution in [0.3, 0.4) is 0 Å². The van der Waals surface area contributed by atoms with E-state index in [0.29, 0.717) is 5.92 Å². The Labute approximate surface area is 100 Å². The number of nitrogens with two attached hydrogens (primary N) is 1. The fourth-order valence-corrected chi connectivity index (χ4v) is 1.79. The maximum absolute atomic E-state index is 6.21. The summed E-state index contributed by atoms with van der Waals surface area (Å²) in [6.07, 6.45) is 1.13. The highest BCUT2D eigenvalue weighted by Crippen LogP contribution is 2.26. The van der Waals surface area contributed by atoms with Gasteiger partial charge in [-0.2, -0.15) is 0 Å². The number of hydrogen-bond donors (Lipinski definition) is 1. The molecule has 1 aromatic carbocycles. The van der Waals surface area contributed by atoms with Gasteiger partial charge in [-0.05, 0) is 22.5 Å². The lowest BCUT2D eigenvalue weighted by molar-refractivity contribution is 0.456. The van der Waals surface area contributed by atoms with E-state index in [1.54, 1.807) is 0 Å². The number of benzene rings is 1. The summed E-state index contributed by atoms with van der Waals surface area (Å²) < 4.78 is 0. The lowest BCUT2D eigenvalue weighted by Gasteiger charge is -2.22. The van der Waals surface area contributed by atoms with Gasteiger partial charge in [-0.3, -0.25) is 0 Å². The molecule has 1 nitrogen and oxygen atoms in total. The summed E-state index contributed by atoms with van der Waals surface area (Å²) in [5.74, 6) is 0.542. The van der Waals surface area contributed by atoms with Crippen LogP contribution in [0.4, 0.5) is 0 Å². The highest BCUT2D eigenvalue weighted by Gasteiger charge is 2.16. The van der Waals surface area contributed by atoms with Crippen molar-refractivity contribution in [3.63, 3.8) is 0 Å². The van der Waals surface area contributed by atoms with E-state index in [1.165, 1.54) is 11.1 Å². The van der Waals surface area contributed by atoms with Crippen LogP contribution in [-0.4, -0.2) is 0 Å². The minimum Gasteiger partial charge on any atom is -0.324 e. The van der Waals surface area contributed by atoms with Crippen molar-refractivity contribution in [2.24, 2.45) is 11.7 Å². The minimum atomic E-state index is 0.166. The molecule has 0 bridgehead atoms. The van der Waals surface area contributed by atoms with Crippen molar-refractivity contribution < 1.29 is 0 Å². The largest absolute Gasteiger partial charge is 0.324 e. The van der Waals surface area contributed by atoms with Crippen LogP contribution in [0.2, 0.25) is 0 Å². The molecule has 0 spiro atoms. The Bertz CT molecular complexity index is 318. The van der Waals surface area contributed by atoms with Crippen molar-refractivity contribution in [2.45, 2.75) is 52.5 Å². The molecule has 2 N–H and O–H groups in total. The van der Waals surface area contributed by atoms with Gasteiger partial charge in [-0.15, -0.1) is 0 Å². The molecule has 1 heteroatoms. The lowest BCUT2D eigenvalue weighted by Crippen LogP contribution is -2.19.